The molecule has 27 heavy (non-hydrogen) atoms. The average Bonchev–Trinajstić information content (AvgIpc) is 2.55. The van der Waals surface area contributed by atoms with Crippen LogP contribution in [0.1, 0.15) is 31.7 Å². The Labute approximate surface area is 160 Å². The maximum Gasteiger partial charge on any atom is 0.347 e. The Balaban J connectivity index is 2.08. The van der Waals surface area contributed by atoms with Crippen LogP contribution < -0.4 is 5.69 Å². The largest absolute Gasteiger partial charge is 0.347 e. The van der Waals surface area contributed by atoms with Crippen LogP contribution in [0.5, 0.6) is 0 Å². The molecular formula is C17H29N5O4S. The highest BCUT2D eigenvalue weighted by Crippen LogP contribution is 2.22. The number of aryl methyl sites for hydroxylation is 2. The van der Waals surface area contributed by atoms with Crippen molar-refractivity contribution >= 4 is 16.1 Å². The molecule has 2 rings (SSSR count). The Morgan fingerprint density at radius 2 is 1.85 bits per heavy atom. The van der Waals surface area contributed by atoms with E-state index in [0.29, 0.717) is 12.2 Å². The molecule has 0 aromatic carbocycles. The summed E-state index contributed by atoms with van der Waals surface area (Å²) in [6.07, 6.45) is 0.170. The van der Waals surface area contributed by atoms with Crippen molar-refractivity contribution in [3.05, 3.63) is 27.9 Å². The smallest absolute Gasteiger partial charge is 0.337 e. The Bertz CT molecular complexity index is 865. The molecule has 1 aliphatic heterocycles. The van der Waals surface area contributed by atoms with E-state index < -0.39 is 10.2 Å². The van der Waals surface area contributed by atoms with Crippen LogP contribution in [0.3, 0.4) is 0 Å². The summed E-state index contributed by atoms with van der Waals surface area (Å²) < 4.78 is 29.0. The highest BCUT2D eigenvalue weighted by atomic mass is 32.2. The van der Waals surface area contributed by atoms with Gasteiger partial charge in [-0.25, -0.2) is 4.79 Å². The van der Waals surface area contributed by atoms with E-state index >= 15 is 0 Å². The van der Waals surface area contributed by atoms with Gasteiger partial charge >= 0.3 is 5.69 Å². The molecule has 0 aliphatic carbocycles. The monoisotopic (exact) mass is 399 g/mol. The second kappa shape index (κ2) is 8.07. The predicted octanol–water partition coefficient (Wildman–Crippen LogP) is -0.0222. The number of carbonyl (C=O) groups is 1. The van der Waals surface area contributed by atoms with Crippen LogP contribution >= 0.6 is 0 Å². The van der Waals surface area contributed by atoms with E-state index in [1.54, 1.807) is 17.9 Å². The molecule has 0 saturated carbocycles. The highest BCUT2D eigenvalue weighted by molar-refractivity contribution is 7.86. The summed E-state index contributed by atoms with van der Waals surface area (Å²) in [5.74, 6) is -0.0943. The zero-order valence-electron chi connectivity index (χ0n) is 16.8. The Kier molecular flexibility index (Phi) is 6.43. The van der Waals surface area contributed by atoms with E-state index in [1.165, 1.54) is 27.3 Å². The molecule has 0 radical (unpaired) electrons. The van der Waals surface area contributed by atoms with Gasteiger partial charge < -0.3 is 4.90 Å². The van der Waals surface area contributed by atoms with Gasteiger partial charge in [0.2, 0.25) is 5.91 Å². The van der Waals surface area contributed by atoms with E-state index in [-0.39, 0.29) is 43.2 Å². The van der Waals surface area contributed by atoms with Crippen molar-refractivity contribution in [2.45, 2.75) is 52.7 Å². The van der Waals surface area contributed by atoms with E-state index in [4.69, 9.17) is 0 Å². The van der Waals surface area contributed by atoms with Crippen LogP contribution in [0.25, 0.3) is 0 Å². The van der Waals surface area contributed by atoms with Gasteiger partial charge in [-0.05, 0) is 33.8 Å². The van der Waals surface area contributed by atoms with Crippen LogP contribution in [0.2, 0.25) is 0 Å². The first-order valence-electron chi connectivity index (χ1n) is 9.00. The number of nitrogens with zero attached hydrogens (tertiary/aromatic N) is 5. The molecule has 0 N–H and O–H groups in total. The van der Waals surface area contributed by atoms with E-state index in [0.717, 1.165) is 5.69 Å². The molecule has 1 saturated heterocycles. The lowest BCUT2D eigenvalue weighted by Crippen LogP contribution is -2.61. The summed E-state index contributed by atoms with van der Waals surface area (Å²) in [7, 11) is -0.527. The number of hydrogen-bond donors (Lipinski definition) is 0. The van der Waals surface area contributed by atoms with E-state index in [2.05, 4.69) is 4.98 Å². The molecule has 0 spiro atoms. The van der Waals surface area contributed by atoms with E-state index in [1.807, 2.05) is 20.8 Å². The fourth-order valence-electron chi connectivity index (χ4n) is 3.40. The van der Waals surface area contributed by atoms with Crippen LogP contribution in [0.15, 0.2) is 10.9 Å². The Morgan fingerprint density at radius 1 is 1.22 bits per heavy atom. The third-order valence-electron chi connectivity index (χ3n) is 5.18. The quantitative estimate of drug-likeness (QED) is 0.693. The molecule has 152 valence electrons. The molecule has 2 atom stereocenters. The summed E-state index contributed by atoms with van der Waals surface area (Å²) in [4.78, 5) is 30.4. The molecule has 1 aromatic rings. The van der Waals surface area contributed by atoms with Gasteiger partial charge in [0.05, 0.1) is 0 Å². The maximum absolute atomic E-state index is 12.7. The third kappa shape index (κ3) is 4.39. The third-order valence-corrected chi connectivity index (χ3v) is 7.21. The van der Waals surface area contributed by atoms with Gasteiger partial charge in [-0.3, -0.25) is 9.36 Å². The van der Waals surface area contributed by atoms with Gasteiger partial charge in [-0.1, -0.05) is 0 Å². The van der Waals surface area contributed by atoms with Crippen molar-refractivity contribution in [3.63, 3.8) is 0 Å². The van der Waals surface area contributed by atoms with Gasteiger partial charge in [0.25, 0.3) is 10.2 Å². The summed E-state index contributed by atoms with van der Waals surface area (Å²) in [6.45, 7) is 8.08. The number of hydrogen-bond acceptors (Lipinski definition) is 5. The Hall–Kier alpha value is -1.78. The zero-order chi connectivity index (χ0) is 20.5. The van der Waals surface area contributed by atoms with Crippen LogP contribution in [0.4, 0.5) is 0 Å². The summed E-state index contributed by atoms with van der Waals surface area (Å²) in [6, 6.07) is 1.22. The summed E-state index contributed by atoms with van der Waals surface area (Å²) >= 11 is 0. The van der Waals surface area contributed by atoms with E-state index in [9.17, 15) is 18.0 Å². The SMILES string of the molecule is Cc1cc(C)n(CCC(=O)N2CCN(S(=O)(=O)N(C)C)[C@H](C)[C@@H]2C)c(=O)n1. The number of aromatic nitrogens is 2. The van der Waals surface area contributed by atoms with Crippen molar-refractivity contribution in [2.75, 3.05) is 27.2 Å². The van der Waals surface area contributed by atoms with Gasteiger partial charge in [-0.15, -0.1) is 0 Å². The minimum Gasteiger partial charge on any atom is -0.337 e. The van der Waals surface area contributed by atoms with Crippen LogP contribution in [0, 0.1) is 13.8 Å². The van der Waals surface area contributed by atoms with Crippen molar-refractivity contribution < 1.29 is 13.2 Å². The van der Waals surface area contributed by atoms with Crippen molar-refractivity contribution in [2.24, 2.45) is 0 Å². The fraction of sp³-hybridized carbons (Fsp3) is 0.706. The molecule has 1 aromatic heterocycles. The van der Waals surface area contributed by atoms with Crippen LogP contribution in [-0.4, -0.2) is 76.7 Å². The molecular weight excluding hydrogens is 370 g/mol. The normalized spacial score (nSPS) is 21.7. The van der Waals surface area contributed by atoms with Crippen molar-refractivity contribution in [1.82, 2.24) is 23.1 Å². The molecule has 10 heteroatoms. The minimum atomic E-state index is -3.53. The second-order valence-electron chi connectivity index (χ2n) is 7.19. The standard InChI is InChI=1S/C17H29N5O4S/c1-12-11-13(2)20(17(24)18-12)8-7-16(23)21-9-10-22(15(4)14(21)3)27(25,26)19(5)6/h11,14-15H,7-10H2,1-6H3/t14-,15+/m0/s1. The molecule has 1 aliphatic rings. The van der Waals surface area contributed by atoms with Crippen molar-refractivity contribution in [1.29, 1.82) is 0 Å². The van der Waals surface area contributed by atoms with Gasteiger partial charge in [0.1, 0.15) is 0 Å². The molecule has 0 bridgehead atoms. The van der Waals surface area contributed by atoms with Crippen molar-refractivity contribution in [3.8, 4) is 0 Å². The molecule has 1 amide bonds. The molecule has 9 nitrogen and oxygen atoms in total. The first-order chi connectivity index (χ1) is 12.5. The lowest BCUT2D eigenvalue weighted by molar-refractivity contribution is -0.136. The first kappa shape index (κ1) is 21.5. The molecule has 0 unspecified atom stereocenters. The van der Waals surface area contributed by atoms with Gasteiger partial charge in [0, 0.05) is 63.6 Å². The van der Waals surface area contributed by atoms with Gasteiger partial charge in [0.15, 0.2) is 0 Å². The number of carbonyl (C=O) groups excluding carboxylic acids is 1. The summed E-state index contributed by atoms with van der Waals surface area (Å²) in [5, 5.41) is 0. The first-order valence-corrected chi connectivity index (χ1v) is 10.4. The molecule has 1 fully saturated rings. The summed E-state index contributed by atoms with van der Waals surface area (Å²) in [5.41, 5.74) is 1.06. The predicted molar refractivity (Wildman–Crippen MR) is 103 cm³/mol. The number of rotatable bonds is 5. The zero-order valence-corrected chi connectivity index (χ0v) is 17.7. The number of piperazine rings is 1. The average molecular weight is 400 g/mol. The molecule has 2 heterocycles. The maximum atomic E-state index is 12.7. The lowest BCUT2D eigenvalue weighted by Gasteiger charge is -2.44. The highest BCUT2D eigenvalue weighted by Gasteiger charge is 2.39. The Morgan fingerprint density at radius 3 is 2.41 bits per heavy atom. The second-order valence-corrected chi connectivity index (χ2v) is 9.29. The fourth-order valence-corrected chi connectivity index (χ4v) is 4.73. The van der Waals surface area contributed by atoms with Crippen LogP contribution in [-0.2, 0) is 21.5 Å². The minimum absolute atomic E-state index is 0.0943. The van der Waals surface area contributed by atoms with Gasteiger partial charge in [-0.2, -0.15) is 22.0 Å². The lowest BCUT2D eigenvalue weighted by atomic mass is 10.1. The number of amides is 1. The topological polar surface area (TPSA) is 95.8 Å².